The summed E-state index contributed by atoms with van der Waals surface area (Å²) in [4.78, 5) is 28.1. The molecule has 1 saturated heterocycles. The van der Waals surface area contributed by atoms with Crippen LogP contribution in [0, 0.1) is 5.82 Å². The number of benzene rings is 1. The number of aromatic nitrogens is 4. The third-order valence-electron chi connectivity index (χ3n) is 6.39. The molecule has 0 unspecified atom stereocenters. The Morgan fingerprint density at radius 2 is 1.92 bits per heavy atom. The van der Waals surface area contributed by atoms with Crippen molar-refractivity contribution in [3.8, 4) is 11.3 Å². The molecule has 3 heterocycles. The van der Waals surface area contributed by atoms with Gasteiger partial charge in [-0.25, -0.2) is 24.1 Å². The van der Waals surface area contributed by atoms with Crippen molar-refractivity contribution in [3.05, 3.63) is 53.5 Å². The van der Waals surface area contributed by atoms with E-state index in [1.165, 1.54) is 12.4 Å². The van der Waals surface area contributed by atoms with Crippen LogP contribution in [-0.2, 0) is 12.7 Å². The highest BCUT2D eigenvalue weighted by Gasteiger charge is 2.35. The molecule has 1 aliphatic rings. The number of aromatic carboxylic acids is 1. The van der Waals surface area contributed by atoms with Crippen LogP contribution in [0.4, 0.5) is 29.2 Å². The van der Waals surface area contributed by atoms with E-state index in [9.17, 15) is 27.5 Å². The second-order valence-corrected chi connectivity index (χ2v) is 9.20. The van der Waals surface area contributed by atoms with Gasteiger partial charge in [-0.2, -0.15) is 13.2 Å². The number of carbonyl (C=O) groups is 1. The first kappa shape index (κ1) is 26.3. The average molecular weight is 522 g/mol. The summed E-state index contributed by atoms with van der Waals surface area (Å²) in [6.45, 7) is 2.20. The Labute approximate surface area is 210 Å². The lowest BCUT2D eigenvalue weighted by Gasteiger charge is -2.33. The van der Waals surface area contributed by atoms with E-state index in [0.29, 0.717) is 44.7 Å². The molecular weight excluding hydrogens is 494 g/mol. The third kappa shape index (κ3) is 5.66. The highest BCUT2D eigenvalue weighted by Crippen LogP contribution is 2.36. The van der Waals surface area contributed by atoms with Crippen LogP contribution in [0.1, 0.15) is 40.5 Å². The Hall–Kier alpha value is -3.74. The van der Waals surface area contributed by atoms with E-state index in [1.54, 1.807) is 6.20 Å². The van der Waals surface area contributed by atoms with Gasteiger partial charge in [0, 0.05) is 43.9 Å². The zero-order valence-corrected chi connectivity index (χ0v) is 20.3. The first-order valence-electron chi connectivity index (χ1n) is 11.6. The van der Waals surface area contributed by atoms with E-state index >= 15 is 0 Å². The lowest BCUT2D eigenvalue weighted by Crippen LogP contribution is -2.35. The van der Waals surface area contributed by atoms with E-state index in [1.807, 2.05) is 28.5 Å². The molecule has 0 aliphatic carbocycles. The summed E-state index contributed by atoms with van der Waals surface area (Å²) >= 11 is 0. The van der Waals surface area contributed by atoms with Crippen molar-refractivity contribution in [3.63, 3.8) is 0 Å². The van der Waals surface area contributed by atoms with Crippen LogP contribution in [-0.4, -0.2) is 69.2 Å². The number of imidazole rings is 1. The summed E-state index contributed by atoms with van der Waals surface area (Å²) in [5, 5.41) is 9.55. The normalized spacial score (nSPS) is 14.9. The molecule has 0 atom stereocenters. The SMILES string of the molecule is CN(C)CCn1cc(-c2ccc(F)c(C(F)(F)F)c2)nc1C1CCN(c2ncnc(N)c2C(=O)O)CC1. The van der Waals surface area contributed by atoms with Crippen molar-refractivity contribution >= 4 is 17.6 Å². The van der Waals surface area contributed by atoms with Crippen LogP contribution < -0.4 is 10.6 Å². The van der Waals surface area contributed by atoms with Crippen LogP contribution in [0.5, 0.6) is 0 Å². The first-order valence-corrected chi connectivity index (χ1v) is 11.6. The fourth-order valence-corrected chi connectivity index (χ4v) is 4.47. The summed E-state index contributed by atoms with van der Waals surface area (Å²) < 4.78 is 55.6. The number of hydrogen-bond donors (Lipinski definition) is 2. The molecule has 4 rings (SSSR count). The quantitative estimate of drug-likeness (QED) is 0.453. The van der Waals surface area contributed by atoms with Crippen LogP contribution in [0.25, 0.3) is 11.3 Å². The van der Waals surface area contributed by atoms with Gasteiger partial charge in [0.05, 0.1) is 11.3 Å². The Bertz CT molecular complexity index is 1280. The van der Waals surface area contributed by atoms with Gasteiger partial charge in [0.25, 0.3) is 0 Å². The van der Waals surface area contributed by atoms with Gasteiger partial charge in [-0.15, -0.1) is 0 Å². The minimum Gasteiger partial charge on any atom is -0.477 e. The summed E-state index contributed by atoms with van der Waals surface area (Å²) in [5.74, 6) is -1.71. The molecule has 3 aromatic rings. The predicted octanol–water partition coefficient (Wildman–Crippen LogP) is 3.72. The smallest absolute Gasteiger partial charge is 0.419 e. The van der Waals surface area contributed by atoms with E-state index < -0.39 is 23.5 Å². The molecule has 3 N–H and O–H groups in total. The highest BCUT2D eigenvalue weighted by molar-refractivity contribution is 5.98. The molecule has 0 saturated carbocycles. The Kier molecular flexibility index (Phi) is 7.35. The lowest BCUT2D eigenvalue weighted by atomic mass is 9.95. The van der Waals surface area contributed by atoms with Gasteiger partial charge < -0.3 is 25.2 Å². The second kappa shape index (κ2) is 10.3. The summed E-state index contributed by atoms with van der Waals surface area (Å²) in [6, 6.07) is 2.89. The van der Waals surface area contributed by atoms with Gasteiger partial charge >= 0.3 is 12.1 Å². The number of nitrogens with zero attached hydrogens (tertiary/aromatic N) is 6. The van der Waals surface area contributed by atoms with Crippen LogP contribution in [0.3, 0.4) is 0 Å². The minimum atomic E-state index is -4.82. The lowest BCUT2D eigenvalue weighted by molar-refractivity contribution is -0.139. The van der Waals surface area contributed by atoms with Crippen LogP contribution >= 0.6 is 0 Å². The number of anilines is 2. The number of carboxylic acids is 1. The molecule has 37 heavy (non-hydrogen) atoms. The molecule has 0 amide bonds. The maximum Gasteiger partial charge on any atom is 0.419 e. The average Bonchev–Trinajstić information content (AvgIpc) is 3.26. The van der Waals surface area contributed by atoms with Crippen molar-refractivity contribution in [2.45, 2.75) is 31.5 Å². The highest BCUT2D eigenvalue weighted by atomic mass is 19.4. The molecule has 0 bridgehead atoms. The number of carboxylic acid groups (broad SMARTS) is 1. The van der Waals surface area contributed by atoms with E-state index in [-0.39, 0.29) is 28.7 Å². The number of nitrogen functional groups attached to an aromatic ring is 1. The molecule has 1 aromatic carbocycles. The third-order valence-corrected chi connectivity index (χ3v) is 6.39. The Morgan fingerprint density at radius 3 is 2.54 bits per heavy atom. The van der Waals surface area contributed by atoms with Gasteiger partial charge in [0.1, 0.15) is 35.2 Å². The number of alkyl halides is 3. The monoisotopic (exact) mass is 521 g/mol. The van der Waals surface area contributed by atoms with Gasteiger partial charge in [-0.1, -0.05) is 0 Å². The zero-order valence-electron chi connectivity index (χ0n) is 20.3. The standard InChI is InChI=1S/C24H27F4N7O2/c1-33(2)9-10-35-12-18(15-3-4-17(25)16(11-15)24(26,27)28)32-21(35)14-5-7-34(8-6-14)22-19(23(36)37)20(29)30-13-31-22/h3-4,11-14H,5-10H2,1-2H3,(H,36,37)(H2,29,30,31). The van der Waals surface area contributed by atoms with Gasteiger partial charge in [0.2, 0.25) is 0 Å². The molecule has 9 nitrogen and oxygen atoms in total. The molecule has 1 aliphatic heterocycles. The fourth-order valence-electron chi connectivity index (χ4n) is 4.47. The van der Waals surface area contributed by atoms with Crippen molar-refractivity contribution in [1.82, 2.24) is 24.4 Å². The topological polar surface area (TPSA) is 113 Å². The predicted molar refractivity (Wildman–Crippen MR) is 129 cm³/mol. The fraction of sp³-hybridized carbons (Fsp3) is 0.417. The van der Waals surface area contributed by atoms with Crippen molar-refractivity contribution in [2.75, 3.05) is 44.4 Å². The summed E-state index contributed by atoms with van der Waals surface area (Å²) in [5.41, 5.74) is 4.79. The first-order chi connectivity index (χ1) is 17.5. The van der Waals surface area contributed by atoms with E-state index in [2.05, 4.69) is 15.0 Å². The molecule has 0 spiro atoms. The Balaban J connectivity index is 1.62. The Morgan fingerprint density at radius 1 is 1.22 bits per heavy atom. The van der Waals surface area contributed by atoms with Crippen LogP contribution in [0.2, 0.25) is 0 Å². The minimum absolute atomic E-state index is 0.0258. The molecule has 1 fully saturated rings. The van der Waals surface area contributed by atoms with Gasteiger partial charge in [-0.3, -0.25) is 0 Å². The number of likely N-dealkylation sites (N-methyl/N-ethyl adjacent to an activating group) is 1. The number of nitrogens with two attached hydrogens (primary N) is 1. The van der Waals surface area contributed by atoms with E-state index in [0.717, 1.165) is 18.0 Å². The maximum absolute atomic E-state index is 13.8. The second-order valence-electron chi connectivity index (χ2n) is 9.20. The number of hydrogen-bond acceptors (Lipinski definition) is 7. The van der Waals surface area contributed by atoms with Crippen LogP contribution in [0.15, 0.2) is 30.7 Å². The number of halogens is 4. The van der Waals surface area contributed by atoms with Gasteiger partial charge in [0.15, 0.2) is 0 Å². The van der Waals surface area contributed by atoms with Gasteiger partial charge in [-0.05, 0) is 45.1 Å². The molecular formula is C24H27F4N7O2. The summed E-state index contributed by atoms with van der Waals surface area (Å²) in [7, 11) is 3.83. The molecule has 2 aromatic heterocycles. The van der Waals surface area contributed by atoms with E-state index in [4.69, 9.17) is 5.73 Å². The zero-order chi connectivity index (χ0) is 26.9. The largest absolute Gasteiger partial charge is 0.477 e. The maximum atomic E-state index is 13.8. The number of rotatable bonds is 7. The molecule has 0 radical (unpaired) electrons. The molecule has 13 heteroatoms. The molecule has 198 valence electrons. The van der Waals surface area contributed by atoms with Crippen molar-refractivity contribution < 1.29 is 27.5 Å². The number of piperidine rings is 1. The van der Waals surface area contributed by atoms with Crippen molar-refractivity contribution in [2.24, 2.45) is 0 Å². The summed E-state index contributed by atoms with van der Waals surface area (Å²) in [6.07, 6.45) is -0.673. The van der Waals surface area contributed by atoms with Crippen molar-refractivity contribution in [1.29, 1.82) is 0 Å².